The minimum atomic E-state index is -0.0913. The summed E-state index contributed by atoms with van der Waals surface area (Å²) in [5.74, 6) is 0.310. The summed E-state index contributed by atoms with van der Waals surface area (Å²) in [6.45, 7) is 0. The highest BCUT2D eigenvalue weighted by Gasteiger charge is 2.43. The molecule has 5 heteroatoms. The van der Waals surface area contributed by atoms with Gasteiger partial charge in [-0.15, -0.1) is 0 Å². The van der Waals surface area contributed by atoms with Crippen LogP contribution in [0.5, 0.6) is 0 Å². The maximum Gasteiger partial charge on any atom is 0.250 e. The molecule has 1 aromatic heterocycles. The summed E-state index contributed by atoms with van der Waals surface area (Å²) in [6.07, 6.45) is 2.50. The van der Waals surface area contributed by atoms with Gasteiger partial charge in [-0.25, -0.2) is 0 Å². The molecule has 1 heterocycles. The summed E-state index contributed by atoms with van der Waals surface area (Å²) in [5.41, 5.74) is 1.75. The second-order valence-corrected chi connectivity index (χ2v) is 6.28. The lowest BCUT2D eigenvalue weighted by Gasteiger charge is -2.06. The number of hydrogen-bond donors (Lipinski definition) is 1. The van der Waals surface area contributed by atoms with E-state index in [-0.39, 0.29) is 23.3 Å². The van der Waals surface area contributed by atoms with E-state index in [1.807, 2.05) is 12.1 Å². The molecule has 1 N–H and O–H groups in total. The van der Waals surface area contributed by atoms with Crippen LogP contribution < -0.4 is 10.9 Å². The van der Waals surface area contributed by atoms with Crippen LogP contribution in [0.25, 0.3) is 0 Å². The Morgan fingerprint density at radius 3 is 2.86 bits per heavy atom. The number of nitrogens with one attached hydrogen (secondary N) is 1. The molecule has 1 aliphatic rings. The maximum absolute atomic E-state index is 12.2. The average Bonchev–Trinajstić information content (AvgIpc) is 3.23. The number of aryl methyl sites for hydroxylation is 1. The summed E-state index contributed by atoms with van der Waals surface area (Å²) >= 11 is 3.45. The molecule has 2 unspecified atom stereocenters. The van der Waals surface area contributed by atoms with E-state index in [9.17, 15) is 9.59 Å². The van der Waals surface area contributed by atoms with E-state index in [1.54, 1.807) is 19.3 Å². The third-order valence-corrected chi connectivity index (χ3v) is 4.25. The average molecular weight is 347 g/mol. The molecule has 0 saturated heterocycles. The normalized spacial score (nSPS) is 20.1. The quantitative estimate of drug-likeness (QED) is 0.928. The Morgan fingerprint density at radius 2 is 2.14 bits per heavy atom. The van der Waals surface area contributed by atoms with Crippen LogP contribution in [0, 0.1) is 5.92 Å². The number of halogens is 1. The molecule has 1 saturated carbocycles. The summed E-state index contributed by atoms with van der Waals surface area (Å²) in [6, 6.07) is 11.2. The highest BCUT2D eigenvalue weighted by molar-refractivity contribution is 9.10. The van der Waals surface area contributed by atoms with E-state index in [0.29, 0.717) is 5.69 Å². The van der Waals surface area contributed by atoms with Crippen molar-refractivity contribution in [2.24, 2.45) is 13.0 Å². The molecule has 108 valence electrons. The van der Waals surface area contributed by atoms with E-state index in [0.717, 1.165) is 10.9 Å². The molecule has 1 amide bonds. The van der Waals surface area contributed by atoms with Gasteiger partial charge in [0.1, 0.15) is 0 Å². The fourth-order valence-corrected chi connectivity index (χ4v) is 2.91. The molecule has 2 aromatic rings. The van der Waals surface area contributed by atoms with Crippen molar-refractivity contribution in [1.82, 2.24) is 4.57 Å². The van der Waals surface area contributed by atoms with Crippen LogP contribution in [0.4, 0.5) is 5.69 Å². The van der Waals surface area contributed by atoms with Crippen LogP contribution in [0.2, 0.25) is 0 Å². The van der Waals surface area contributed by atoms with Crippen molar-refractivity contribution in [3.8, 4) is 0 Å². The molecule has 21 heavy (non-hydrogen) atoms. The molecule has 1 fully saturated rings. The van der Waals surface area contributed by atoms with Gasteiger partial charge < -0.3 is 9.88 Å². The van der Waals surface area contributed by atoms with Gasteiger partial charge in [0.15, 0.2) is 0 Å². The van der Waals surface area contributed by atoms with E-state index in [4.69, 9.17) is 0 Å². The summed E-state index contributed by atoms with van der Waals surface area (Å²) in [5, 5.41) is 2.88. The largest absolute Gasteiger partial charge is 0.325 e. The Hall–Kier alpha value is -1.88. The highest BCUT2D eigenvalue weighted by Crippen LogP contribution is 2.48. The zero-order valence-electron chi connectivity index (χ0n) is 11.5. The molecule has 3 rings (SSSR count). The van der Waals surface area contributed by atoms with Gasteiger partial charge in [-0.1, -0.05) is 28.1 Å². The van der Waals surface area contributed by atoms with Crippen LogP contribution in [0.1, 0.15) is 17.9 Å². The number of anilines is 1. The first-order chi connectivity index (χ1) is 10.0. The number of pyridine rings is 1. The number of rotatable bonds is 3. The molecule has 4 nitrogen and oxygen atoms in total. The third-order valence-electron chi connectivity index (χ3n) is 3.76. The number of hydrogen-bond acceptors (Lipinski definition) is 2. The van der Waals surface area contributed by atoms with Gasteiger partial charge in [-0.3, -0.25) is 9.59 Å². The van der Waals surface area contributed by atoms with Crippen LogP contribution in [0.3, 0.4) is 0 Å². The maximum atomic E-state index is 12.2. The van der Waals surface area contributed by atoms with Gasteiger partial charge in [0.05, 0.1) is 5.69 Å². The molecule has 0 bridgehead atoms. The van der Waals surface area contributed by atoms with E-state index < -0.39 is 0 Å². The van der Waals surface area contributed by atoms with Crippen molar-refractivity contribution in [3.63, 3.8) is 0 Å². The van der Waals surface area contributed by atoms with Crippen molar-refractivity contribution < 1.29 is 4.79 Å². The lowest BCUT2D eigenvalue weighted by molar-refractivity contribution is -0.117. The number of amides is 1. The van der Waals surface area contributed by atoms with Gasteiger partial charge in [0, 0.05) is 29.7 Å². The fourth-order valence-electron chi connectivity index (χ4n) is 2.49. The lowest BCUT2D eigenvalue weighted by Crippen LogP contribution is -2.19. The first-order valence-corrected chi connectivity index (χ1v) is 7.57. The molecule has 0 aliphatic heterocycles. The number of carbonyl (C=O) groups is 1. The fraction of sp³-hybridized carbons (Fsp3) is 0.250. The van der Waals surface area contributed by atoms with Gasteiger partial charge in [0.25, 0.3) is 0 Å². The molecular formula is C16H15BrN2O2. The molecule has 0 radical (unpaired) electrons. The SMILES string of the molecule is Cn1cc(NC(=O)C2CC2c2cccc(Br)c2)ccc1=O. The second-order valence-electron chi connectivity index (χ2n) is 5.36. The Kier molecular flexibility index (Phi) is 3.68. The van der Waals surface area contributed by atoms with Gasteiger partial charge in [-0.05, 0) is 36.1 Å². The predicted molar refractivity (Wildman–Crippen MR) is 85.3 cm³/mol. The number of carbonyl (C=O) groups excluding carboxylic acids is 1. The van der Waals surface area contributed by atoms with E-state index in [2.05, 4.69) is 33.4 Å². The predicted octanol–water partition coefficient (Wildman–Crippen LogP) is 2.89. The van der Waals surface area contributed by atoms with Crippen molar-refractivity contribution in [2.75, 3.05) is 5.32 Å². The number of benzene rings is 1. The van der Waals surface area contributed by atoms with Crippen molar-refractivity contribution in [2.45, 2.75) is 12.3 Å². The van der Waals surface area contributed by atoms with Gasteiger partial charge in [0.2, 0.25) is 11.5 Å². The Labute approximate surface area is 130 Å². The number of nitrogens with zero attached hydrogens (tertiary/aromatic N) is 1. The van der Waals surface area contributed by atoms with E-state index >= 15 is 0 Å². The third kappa shape index (κ3) is 3.08. The molecule has 1 aliphatic carbocycles. The highest BCUT2D eigenvalue weighted by atomic mass is 79.9. The zero-order chi connectivity index (χ0) is 15.0. The van der Waals surface area contributed by atoms with E-state index in [1.165, 1.54) is 16.2 Å². The Balaban J connectivity index is 1.68. The molecule has 2 atom stereocenters. The van der Waals surface area contributed by atoms with Crippen molar-refractivity contribution >= 4 is 27.5 Å². The number of aromatic nitrogens is 1. The standard InChI is InChI=1S/C16H15BrN2O2/c1-19-9-12(5-6-15(19)20)18-16(21)14-8-13(14)10-3-2-4-11(17)7-10/h2-7,9,13-14H,8H2,1H3,(H,18,21). The molecule has 0 spiro atoms. The molecular weight excluding hydrogens is 332 g/mol. The Morgan fingerprint density at radius 1 is 1.33 bits per heavy atom. The first-order valence-electron chi connectivity index (χ1n) is 6.77. The topological polar surface area (TPSA) is 51.1 Å². The summed E-state index contributed by atoms with van der Waals surface area (Å²) < 4.78 is 2.48. The van der Waals surface area contributed by atoms with Crippen LogP contribution in [-0.2, 0) is 11.8 Å². The monoisotopic (exact) mass is 346 g/mol. The first kappa shape index (κ1) is 14.1. The summed E-state index contributed by atoms with van der Waals surface area (Å²) in [4.78, 5) is 23.5. The van der Waals surface area contributed by atoms with Crippen LogP contribution in [0.15, 0.2) is 51.9 Å². The zero-order valence-corrected chi connectivity index (χ0v) is 13.1. The Bertz CT molecular complexity index is 754. The molecule has 1 aromatic carbocycles. The summed E-state index contributed by atoms with van der Waals surface area (Å²) in [7, 11) is 1.67. The van der Waals surface area contributed by atoms with Crippen LogP contribution >= 0.6 is 15.9 Å². The minimum Gasteiger partial charge on any atom is -0.325 e. The second kappa shape index (κ2) is 5.48. The lowest BCUT2D eigenvalue weighted by atomic mass is 10.1. The van der Waals surface area contributed by atoms with Crippen molar-refractivity contribution in [1.29, 1.82) is 0 Å². The minimum absolute atomic E-state index is 0.0107. The van der Waals surface area contributed by atoms with Gasteiger partial charge in [-0.2, -0.15) is 0 Å². The smallest absolute Gasteiger partial charge is 0.250 e. The van der Waals surface area contributed by atoms with Crippen LogP contribution in [-0.4, -0.2) is 10.5 Å². The van der Waals surface area contributed by atoms with Gasteiger partial charge >= 0.3 is 0 Å². The van der Waals surface area contributed by atoms with Crippen molar-refractivity contribution in [3.05, 3.63) is 63.0 Å².